The number of nitrogens with zero attached hydrogens (tertiary/aromatic N) is 7. The Balaban J connectivity index is 0.946. The van der Waals surface area contributed by atoms with Crippen molar-refractivity contribution in [1.29, 1.82) is 0 Å². The maximum absolute atomic E-state index is 13.7. The Labute approximate surface area is 322 Å². The number of aldehydes is 1. The summed E-state index contributed by atoms with van der Waals surface area (Å²) in [7, 11) is 1.63. The van der Waals surface area contributed by atoms with Gasteiger partial charge in [0.1, 0.15) is 17.8 Å². The fourth-order valence-corrected chi connectivity index (χ4v) is 8.47. The highest BCUT2D eigenvalue weighted by molar-refractivity contribution is 5.85. The minimum absolute atomic E-state index is 0.0211. The molecule has 1 aromatic carbocycles. The van der Waals surface area contributed by atoms with Gasteiger partial charge in [-0.15, -0.1) is 0 Å². The summed E-state index contributed by atoms with van der Waals surface area (Å²) in [4.78, 5) is 58.5. The zero-order chi connectivity index (χ0) is 38.5. The average molecular weight is 748 g/mol. The molecule has 1 saturated carbocycles. The quantitative estimate of drug-likeness (QED) is 0.174. The molecule has 2 aliphatic heterocycles. The molecule has 3 aliphatic rings. The van der Waals surface area contributed by atoms with Gasteiger partial charge in [-0.25, -0.2) is 9.97 Å². The van der Waals surface area contributed by atoms with E-state index in [9.17, 15) is 14.4 Å². The predicted octanol–water partition coefficient (Wildman–Crippen LogP) is 5.22. The van der Waals surface area contributed by atoms with Gasteiger partial charge in [-0.1, -0.05) is 31.6 Å². The Morgan fingerprint density at radius 2 is 1.75 bits per heavy atom. The standard InChI is InChI=1S/C42H53N9O4/c1-28(2)38-29(3)36-25-45-42(47-39(36)51(41(38)54)32-8-5-6-9-32)46-37-16-15-33(24-44-37)50-21-23-55-34(27-50)26-48-17-19-49(20-18-48)31-13-11-30(12-14-31)35(10-7-22-52)40(53)43-4/h11-16,22,24-25,32,34-35H,1,5-10,17-21,23,26-27H2,2-4H3,(H,43,53)(H,44,45,46,47). The van der Waals surface area contributed by atoms with E-state index in [0.717, 1.165) is 111 Å². The van der Waals surface area contributed by atoms with E-state index < -0.39 is 0 Å². The number of piperazine rings is 1. The summed E-state index contributed by atoms with van der Waals surface area (Å²) in [5, 5.41) is 6.87. The lowest BCUT2D eigenvalue weighted by molar-refractivity contribution is -0.122. The molecule has 13 nitrogen and oxygen atoms in total. The molecule has 13 heteroatoms. The number of pyridine rings is 2. The van der Waals surface area contributed by atoms with Gasteiger partial charge >= 0.3 is 0 Å². The average Bonchev–Trinajstić information content (AvgIpc) is 3.73. The van der Waals surface area contributed by atoms with Gasteiger partial charge in [0, 0.05) is 88.2 Å². The zero-order valence-corrected chi connectivity index (χ0v) is 32.3. The molecule has 55 heavy (non-hydrogen) atoms. The van der Waals surface area contributed by atoms with Crippen LogP contribution in [-0.2, 0) is 14.3 Å². The number of allylic oxidation sites excluding steroid dienone is 1. The van der Waals surface area contributed by atoms with Crippen LogP contribution in [0.1, 0.15) is 74.1 Å². The van der Waals surface area contributed by atoms with Gasteiger partial charge in [0.2, 0.25) is 11.9 Å². The molecule has 0 spiro atoms. The molecule has 0 bridgehead atoms. The Hall–Kier alpha value is -5.14. The molecule has 5 heterocycles. The molecule has 3 aromatic heterocycles. The van der Waals surface area contributed by atoms with Crippen LogP contribution >= 0.6 is 0 Å². The summed E-state index contributed by atoms with van der Waals surface area (Å²) in [6.45, 7) is 14.7. The number of carbonyl (C=O) groups excluding carboxylic acids is 2. The number of hydrogen-bond donors (Lipinski definition) is 2. The molecule has 1 amide bonds. The fourth-order valence-electron chi connectivity index (χ4n) is 8.47. The predicted molar refractivity (Wildman–Crippen MR) is 217 cm³/mol. The number of amides is 1. The number of likely N-dealkylation sites (N-methyl/N-ethyl adjacent to an activating group) is 1. The number of aromatic nitrogens is 4. The van der Waals surface area contributed by atoms with Gasteiger partial charge in [0.05, 0.1) is 30.5 Å². The maximum Gasteiger partial charge on any atom is 0.260 e. The van der Waals surface area contributed by atoms with Crippen molar-refractivity contribution in [1.82, 2.24) is 29.7 Å². The summed E-state index contributed by atoms with van der Waals surface area (Å²) in [5.41, 5.74) is 6.04. The lowest BCUT2D eigenvalue weighted by Crippen LogP contribution is -2.52. The zero-order valence-electron chi connectivity index (χ0n) is 32.3. The molecule has 2 atom stereocenters. The van der Waals surface area contributed by atoms with Crippen LogP contribution in [0.3, 0.4) is 0 Å². The topological polar surface area (TPSA) is 138 Å². The second-order valence-corrected chi connectivity index (χ2v) is 15.1. The summed E-state index contributed by atoms with van der Waals surface area (Å²) in [6, 6.07) is 12.3. The summed E-state index contributed by atoms with van der Waals surface area (Å²) >= 11 is 0. The highest BCUT2D eigenvalue weighted by atomic mass is 16.5. The summed E-state index contributed by atoms with van der Waals surface area (Å²) in [6.07, 6.45) is 9.65. The van der Waals surface area contributed by atoms with Gasteiger partial charge in [-0.2, -0.15) is 4.98 Å². The number of hydrogen-bond acceptors (Lipinski definition) is 11. The number of benzene rings is 1. The molecule has 2 unspecified atom stereocenters. The Bertz CT molecular complexity index is 2050. The third-order valence-corrected chi connectivity index (χ3v) is 11.4. The highest BCUT2D eigenvalue weighted by Gasteiger charge is 2.27. The van der Waals surface area contributed by atoms with Gasteiger partial charge < -0.3 is 30.0 Å². The Morgan fingerprint density at radius 3 is 2.42 bits per heavy atom. The van der Waals surface area contributed by atoms with Crippen molar-refractivity contribution in [3.8, 4) is 0 Å². The molecular formula is C42H53N9O4. The van der Waals surface area contributed by atoms with Crippen molar-refractivity contribution < 1.29 is 14.3 Å². The molecule has 2 saturated heterocycles. The molecule has 7 rings (SSSR count). The van der Waals surface area contributed by atoms with Crippen molar-refractivity contribution in [3.05, 3.63) is 82.4 Å². The van der Waals surface area contributed by atoms with E-state index in [1.807, 2.05) is 49.0 Å². The van der Waals surface area contributed by atoms with E-state index in [4.69, 9.17) is 14.7 Å². The molecule has 4 aromatic rings. The number of carbonyl (C=O) groups is 2. The van der Waals surface area contributed by atoms with Crippen molar-refractivity contribution in [2.45, 2.75) is 70.4 Å². The number of aryl methyl sites for hydroxylation is 1. The normalized spacial score (nSPS) is 18.7. The van der Waals surface area contributed by atoms with E-state index in [0.29, 0.717) is 42.4 Å². The Morgan fingerprint density at radius 1 is 1.00 bits per heavy atom. The van der Waals surface area contributed by atoms with E-state index in [1.165, 1.54) is 0 Å². The third kappa shape index (κ3) is 8.42. The first-order valence-corrected chi connectivity index (χ1v) is 19.6. The number of anilines is 4. The van der Waals surface area contributed by atoms with Crippen LogP contribution in [0.15, 0.2) is 60.2 Å². The van der Waals surface area contributed by atoms with E-state index in [2.05, 4.69) is 55.1 Å². The van der Waals surface area contributed by atoms with Gasteiger partial charge in [0.25, 0.3) is 5.56 Å². The van der Waals surface area contributed by atoms with Crippen molar-refractivity contribution in [2.75, 3.05) is 74.6 Å². The van der Waals surface area contributed by atoms with Crippen LogP contribution in [0, 0.1) is 6.92 Å². The summed E-state index contributed by atoms with van der Waals surface area (Å²) < 4.78 is 8.10. The monoisotopic (exact) mass is 747 g/mol. The minimum atomic E-state index is -0.323. The number of morpholine rings is 1. The molecule has 290 valence electrons. The van der Waals surface area contributed by atoms with Gasteiger partial charge in [0.15, 0.2) is 0 Å². The maximum atomic E-state index is 13.7. The van der Waals surface area contributed by atoms with E-state index >= 15 is 0 Å². The first-order chi connectivity index (χ1) is 26.7. The van der Waals surface area contributed by atoms with Crippen LogP contribution in [-0.4, -0.2) is 102 Å². The first-order valence-electron chi connectivity index (χ1n) is 19.6. The minimum Gasteiger partial charge on any atom is -0.373 e. The van der Waals surface area contributed by atoms with Crippen LogP contribution < -0.4 is 26.0 Å². The highest BCUT2D eigenvalue weighted by Crippen LogP contribution is 2.33. The smallest absolute Gasteiger partial charge is 0.260 e. The Kier molecular flexibility index (Phi) is 11.9. The van der Waals surface area contributed by atoms with Crippen molar-refractivity contribution in [3.63, 3.8) is 0 Å². The van der Waals surface area contributed by atoms with Crippen molar-refractivity contribution >= 4 is 51.9 Å². The summed E-state index contributed by atoms with van der Waals surface area (Å²) in [5.74, 6) is 0.654. The number of rotatable bonds is 13. The number of ether oxygens (including phenoxy) is 1. The second kappa shape index (κ2) is 17.1. The molecule has 1 aliphatic carbocycles. The van der Waals surface area contributed by atoms with Crippen LogP contribution in [0.25, 0.3) is 16.6 Å². The largest absolute Gasteiger partial charge is 0.373 e. The first kappa shape index (κ1) is 38.1. The van der Waals surface area contributed by atoms with Gasteiger partial charge in [-0.3, -0.25) is 19.1 Å². The second-order valence-electron chi connectivity index (χ2n) is 15.1. The molecule has 3 fully saturated rings. The van der Waals surface area contributed by atoms with E-state index in [1.54, 1.807) is 7.05 Å². The van der Waals surface area contributed by atoms with Gasteiger partial charge in [-0.05, 0) is 74.1 Å². The molecule has 0 radical (unpaired) electrons. The molecular weight excluding hydrogens is 695 g/mol. The number of fused-ring (bicyclic) bond motifs is 1. The van der Waals surface area contributed by atoms with Crippen LogP contribution in [0.4, 0.5) is 23.1 Å². The lowest BCUT2D eigenvalue weighted by atomic mass is 9.93. The van der Waals surface area contributed by atoms with Crippen LogP contribution in [0.2, 0.25) is 0 Å². The molecule has 2 N–H and O–H groups in total. The third-order valence-electron chi connectivity index (χ3n) is 11.4. The SMILES string of the molecule is C=C(C)c1c(C)c2cnc(Nc3ccc(N4CCOC(CN5CCN(c6ccc(C(CCC=O)C(=O)NC)cc6)CC5)C4)cn3)nc2n(C2CCCC2)c1=O. The van der Waals surface area contributed by atoms with Crippen molar-refractivity contribution in [2.24, 2.45) is 0 Å². The fraction of sp³-hybridized carbons (Fsp3) is 0.476. The number of nitrogens with one attached hydrogen (secondary N) is 2. The van der Waals surface area contributed by atoms with E-state index in [-0.39, 0.29) is 29.5 Å². The lowest BCUT2D eigenvalue weighted by Gasteiger charge is -2.40. The van der Waals surface area contributed by atoms with Crippen LogP contribution in [0.5, 0.6) is 0 Å².